The van der Waals surface area contributed by atoms with Gasteiger partial charge in [0.05, 0.1) is 6.04 Å². The highest BCUT2D eigenvalue weighted by atomic mass is 127. The molecule has 5 aromatic rings. The largest absolute Gasteiger partial charge is 0.508 e. The Hall–Kier alpha value is -5.21. The second-order valence-corrected chi connectivity index (χ2v) is 13.8. The molecule has 0 saturated carbocycles. The van der Waals surface area contributed by atoms with E-state index < -0.39 is 47.8 Å². The SMILES string of the molecule is Cc1cc(C[C@H](N)C(=O)N[C@H](Cc2ccc(I)cc2)C(=O)N[C@H](Cc2ccccc2)C(=O)N[C@H](Cc2c[nH]c3ccccc23)C(N)=O)ccc1O. The number of aromatic amines is 1. The van der Waals surface area contributed by atoms with Crippen LogP contribution in [-0.4, -0.2) is 57.9 Å². The van der Waals surface area contributed by atoms with E-state index >= 15 is 0 Å². The molecule has 0 spiro atoms. The average Bonchev–Trinajstić information content (AvgIpc) is 3.52. The van der Waals surface area contributed by atoms with Crippen LogP contribution < -0.4 is 27.4 Å². The first-order valence-electron chi connectivity index (χ1n) is 16.5. The molecule has 5 rings (SSSR count). The van der Waals surface area contributed by atoms with Crippen molar-refractivity contribution in [3.8, 4) is 5.75 Å². The number of H-pyrrole nitrogens is 1. The summed E-state index contributed by atoms with van der Waals surface area (Å²) in [5, 5.41) is 19.2. The third-order valence-electron chi connectivity index (χ3n) is 8.71. The number of aromatic nitrogens is 1. The zero-order chi connectivity index (χ0) is 36.5. The number of nitrogens with one attached hydrogen (secondary N) is 4. The van der Waals surface area contributed by atoms with Gasteiger partial charge in [0.25, 0.3) is 0 Å². The van der Waals surface area contributed by atoms with Crippen LogP contribution in [0, 0.1) is 10.5 Å². The molecule has 11 nitrogen and oxygen atoms in total. The highest BCUT2D eigenvalue weighted by Gasteiger charge is 2.31. The zero-order valence-electron chi connectivity index (χ0n) is 28.1. The number of aromatic hydroxyl groups is 1. The number of amides is 4. The van der Waals surface area contributed by atoms with Crippen LogP contribution in [0.4, 0.5) is 0 Å². The molecule has 0 aliphatic heterocycles. The van der Waals surface area contributed by atoms with Crippen LogP contribution in [0.2, 0.25) is 0 Å². The Balaban J connectivity index is 1.36. The van der Waals surface area contributed by atoms with Crippen molar-refractivity contribution in [1.82, 2.24) is 20.9 Å². The first-order chi connectivity index (χ1) is 24.5. The smallest absolute Gasteiger partial charge is 0.243 e. The molecule has 4 amide bonds. The predicted molar refractivity (Wildman–Crippen MR) is 205 cm³/mol. The molecule has 4 atom stereocenters. The van der Waals surface area contributed by atoms with E-state index in [0.717, 1.165) is 36.7 Å². The summed E-state index contributed by atoms with van der Waals surface area (Å²) in [6, 6.07) is 25.0. The van der Waals surface area contributed by atoms with Crippen molar-refractivity contribution >= 4 is 57.1 Å². The fourth-order valence-electron chi connectivity index (χ4n) is 5.88. The second kappa shape index (κ2) is 17.1. The van der Waals surface area contributed by atoms with Gasteiger partial charge in [-0.05, 0) is 88.0 Å². The molecule has 0 bridgehead atoms. The number of phenolic OH excluding ortho intramolecular Hbond substituents is 1. The van der Waals surface area contributed by atoms with Gasteiger partial charge in [-0.15, -0.1) is 0 Å². The third kappa shape index (κ3) is 10.2. The Morgan fingerprint density at radius 1 is 0.706 bits per heavy atom. The van der Waals surface area contributed by atoms with Gasteiger partial charge in [-0.2, -0.15) is 0 Å². The molecule has 12 heteroatoms. The number of rotatable bonds is 15. The van der Waals surface area contributed by atoms with E-state index in [-0.39, 0.29) is 31.4 Å². The number of benzene rings is 4. The molecular weight excluding hydrogens is 759 g/mol. The number of hydrogen-bond acceptors (Lipinski definition) is 6. The van der Waals surface area contributed by atoms with Gasteiger partial charge in [-0.25, -0.2) is 0 Å². The van der Waals surface area contributed by atoms with E-state index in [0.29, 0.717) is 5.56 Å². The fraction of sp³-hybridized carbons (Fsp3) is 0.231. The van der Waals surface area contributed by atoms with Gasteiger partial charge >= 0.3 is 0 Å². The van der Waals surface area contributed by atoms with Crippen LogP contribution >= 0.6 is 22.6 Å². The number of primary amides is 1. The summed E-state index contributed by atoms with van der Waals surface area (Å²) in [6.45, 7) is 1.75. The van der Waals surface area contributed by atoms with Gasteiger partial charge in [0, 0.05) is 39.9 Å². The highest BCUT2D eigenvalue weighted by molar-refractivity contribution is 14.1. The third-order valence-corrected chi connectivity index (χ3v) is 9.43. The molecule has 0 fully saturated rings. The first kappa shape index (κ1) is 37.1. The summed E-state index contributed by atoms with van der Waals surface area (Å²) >= 11 is 2.18. The Kier molecular flexibility index (Phi) is 12.5. The maximum atomic E-state index is 14.1. The van der Waals surface area contributed by atoms with Crippen LogP contribution in [0.1, 0.15) is 27.8 Å². The van der Waals surface area contributed by atoms with Crippen molar-refractivity contribution in [1.29, 1.82) is 0 Å². The minimum atomic E-state index is -1.12. The molecule has 51 heavy (non-hydrogen) atoms. The number of carbonyl (C=O) groups is 4. The minimum Gasteiger partial charge on any atom is -0.508 e. The monoisotopic (exact) mass is 800 g/mol. The van der Waals surface area contributed by atoms with Gasteiger partial charge in [0.2, 0.25) is 23.6 Å². The number of para-hydroxylation sites is 1. The molecule has 4 aromatic carbocycles. The average molecular weight is 801 g/mol. The highest BCUT2D eigenvalue weighted by Crippen LogP contribution is 2.20. The van der Waals surface area contributed by atoms with Gasteiger partial charge in [-0.3, -0.25) is 19.2 Å². The number of fused-ring (bicyclic) bond motifs is 1. The molecule has 1 aromatic heterocycles. The van der Waals surface area contributed by atoms with Crippen LogP contribution in [0.25, 0.3) is 10.9 Å². The molecular formula is C39H41IN6O5. The molecule has 264 valence electrons. The lowest BCUT2D eigenvalue weighted by molar-refractivity contribution is -0.133. The minimum absolute atomic E-state index is 0.112. The van der Waals surface area contributed by atoms with E-state index in [1.165, 1.54) is 0 Å². The van der Waals surface area contributed by atoms with Gasteiger partial charge in [0.15, 0.2) is 0 Å². The summed E-state index contributed by atoms with van der Waals surface area (Å²) in [4.78, 5) is 57.2. The van der Waals surface area contributed by atoms with Crippen molar-refractivity contribution in [2.24, 2.45) is 11.5 Å². The number of aryl methyl sites for hydroxylation is 1. The van der Waals surface area contributed by atoms with Crippen LogP contribution in [-0.2, 0) is 44.9 Å². The fourth-order valence-corrected chi connectivity index (χ4v) is 6.24. The quantitative estimate of drug-likeness (QED) is 0.0795. The van der Waals surface area contributed by atoms with E-state index in [1.807, 2.05) is 78.9 Å². The molecule has 0 unspecified atom stereocenters. The van der Waals surface area contributed by atoms with Crippen molar-refractivity contribution in [3.63, 3.8) is 0 Å². The Morgan fingerprint density at radius 3 is 1.92 bits per heavy atom. The molecule has 0 aliphatic carbocycles. The Bertz CT molecular complexity index is 2000. The van der Waals surface area contributed by atoms with Crippen molar-refractivity contribution in [2.75, 3.05) is 0 Å². The number of carbonyl (C=O) groups excluding carboxylic acids is 4. The van der Waals surface area contributed by atoms with Gasteiger partial charge in [-0.1, -0.05) is 72.8 Å². The van der Waals surface area contributed by atoms with Crippen LogP contribution in [0.3, 0.4) is 0 Å². The Labute approximate surface area is 309 Å². The topological polar surface area (TPSA) is 192 Å². The summed E-state index contributed by atoms with van der Waals surface area (Å²) < 4.78 is 1.00. The molecule has 0 radical (unpaired) electrons. The lowest BCUT2D eigenvalue weighted by Gasteiger charge is -2.26. The number of phenols is 1. The zero-order valence-corrected chi connectivity index (χ0v) is 30.2. The van der Waals surface area contributed by atoms with Gasteiger partial charge in [0.1, 0.15) is 23.9 Å². The molecule has 0 saturated heterocycles. The summed E-state index contributed by atoms with van der Waals surface area (Å²) in [5.41, 5.74) is 16.7. The normalized spacial score (nSPS) is 13.5. The lowest BCUT2D eigenvalue weighted by Crippen LogP contribution is -2.58. The van der Waals surface area contributed by atoms with Crippen LogP contribution in [0.15, 0.2) is 103 Å². The summed E-state index contributed by atoms with van der Waals surface area (Å²) in [5.74, 6) is -2.34. The maximum Gasteiger partial charge on any atom is 0.243 e. The number of nitrogens with two attached hydrogens (primary N) is 2. The number of hydrogen-bond donors (Lipinski definition) is 7. The maximum absolute atomic E-state index is 14.1. The van der Waals surface area contributed by atoms with Crippen molar-refractivity contribution in [3.05, 3.63) is 135 Å². The Morgan fingerprint density at radius 2 is 1.27 bits per heavy atom. The van der Waals surface area contributed by atoms with Gasteiger partial charge < -0.3 is 37.5 Å². The first-order valence-corrected chi connectivity index (χ1v) is 17.6. The molecule has 0 aliphatic rings. The second-order valence-electron chi connectivity index (χ2n) is 12.6. The van der Waals surface area contributed by atoms with E-state index in [4.69, 9.17) is 11.5 Å². The summed E-state index contributed by atoms with van der Waals surface area (Å²) in [7, 11) is 0. The van der Waals surface area contributed by atoms with E-state index in [1.54, 1.807) is 31.3 Å². The summed E-state index contributed by atoms with van der Waals surface area (Å²) in [6.07, 6.45) is 2.34. The standard InChI is InChI=1S/C39H41IN6O5/c1-23-17-26(13-16-35(23)47)18-30(41)37(49)45-33(20-25-11-14-28(40)15-12-25)39(51)46-34(19-24-7-3-2-4-8-24)38(50)44-32(36(42)48)21-27-22-43-31-10-6-5-9-29(27)31/h2-17,22,30,32-34,43,47H,18-21,41H2,1H3,(H2,42,48)(H,44,50)(H,45,49)(H,46,51)/t30-,32+,33+,34+/m0/s1. The van der Waals surface area contributed by atoms with E-state index in [2.05, 4.69) is 43.5 Å². The van der Waals surface area contributed by atoms with Crippen LogP contribution in [0.5, 0.6) is 5.75 Å². The molecule has 1 heterocycles. The number of halogens is 1. The predicted octanol–water partition coefficient (Wildman–Crippen LogP) is 3.32. The van der Waals surface area contributed by atoms with Crippen molar-refractivity contribution < 1.29 is 24.3 Å². The van der Waals surface area contributed by atoms with E-state index in [9.17, 15) is 24.3 Å². The lowest BCUT2D eigenvalue weighted by atomic mass is 10.00. The van der Waals surface area contributed by atoms with Crippen molar-refractivity contribution in [2.45, 2.75) is 56.8 Å². The molecule has 9 N–H and O–H groups in total.